The molecule has 0 bridgehead atoms. The minimum Gasteiger partial charge on any atom is -0.459 e. The highest BCUT2D eigenvalue weighted by molar-refractivity contribution is 5.75. The van der Waals surface area contributed by atoms with E-state index in [1.165, 1.54) is 0 Å². The quantitative estimate of drug-likeness (QED) is 0.510. The number of benzene rings is 1. The van der Waals surface area contributed by atoms with Crippen molar-refractivity contribution < 1.29 is 19.7 Å². The van der Waals surface area contributed by atoms with Crippen molar-refractivity contribution in [2.45, 2.75) is 27.2 Å². The zero-order valence-electron chi connectivity index (χ0n) is 14.5. The van der Waals surface area contributed by atoms with Crippen molar-refractivity contribution in [3.05, 3.63) is 30.3 Å². The molecule has 1 aromatic rings. The molecule has 0 fully saturated rings. The Balaban J connectivity index is 2.84. The Bertz CT molecular complexity index is 467. The van der Waals surface area contributed by atoms with Gasteiger partial charge in [-0.05, 0) is 32.4 Å². The second-order valence-electron chi connectivity index (χ2n) is 6.47. The summed E-state index contributed by atoms with van der Waals surface area (Å²) in [6.07, 6.45) is 0.720. The number of aliphatic hydroxyl groups is 2. The van der Waals surface area contributed by atoms with Crippen molar-refractivity contribution in [1.82, 2.24) is 4.48 Å². The predicted molar refractivity (Wildman–Crippen MR) is 92.0 cm³/mol. The smallest absolute Gasteiger partial charge is 0.311 e. The van der Waals surface area contributed by atoms with E-state index in [-0.39, 0.29) is 25.8 Å². The van der Waals surface area contributed by atoms with Crippen molar-refractivity contribution in [2.75, 3.05) is 39.5 Å². The highest BCUT2D eigenvalue weighted by atomic mass is 16.5. The van der Waals surface area contributed by atoms with Gasteiger partial charge in [0.05, 0.1) is 18.6 Å². The van der Waals surface area contributed by atoms with Gasteiger partial charge >= 0.3 is 5.97 Å². The molecule has 1 aromatic carbocycles. The van der Waals surface area contributed by atoms with Gasteiger partial charge in [-0.15, -0.1) is 0 Å². The van der Waals surface area contributed by atoms with E-state index in [9.17, 15) is 15.0 Å². The van der Waals surface area contributed by atoms with Crippen molar-refractivity contribution in [2.24, 2.45) is 5.41 Å². The molecule has 0 saturated carbocycles. The number of carbonyl (C=O) groups is 1. The lowest BCUT2D eigenvalue weighted by Crippen LogP contribution is -2.55. The van der Waals surface area contributed by atoms with E-state index >= 15 is 0 Å². The minimum atomic E-state index is -0.490. The normalized spacial score (nSPS) is 12.2. The Morgan fingerprint density at radius 3 is 2.13 bits per heavy atom. The first-order valence-corrected chi connectivity index (χ1v) is 8.22. The molecule has 5 heteroatoms. The van der Waals surface area contributed by atoms with E-state index in [4.69, 9.17) is 4.74 Å². The molecule has 23 heavy (non-hydrogen) atoms. The van der Waals surface area contributed by atoms with E-state index in [0.717, 1.165) is 12.1 Å². The minimum absolute atomic E-state index is 0.00327. The fourth-order valence-electron chi connectivity index (χ4n) is 2.50. The van der Waals surface area contributed by atoms with Crippen LogP contribution in [-0.4, -0.2) is 55.6 Å². The number of carbonyl (C=O) groups excluding carboxylic acids is 1. The molecule has 0 aliphatic heterocycles. The fraction of sp³-hybridized carbons (Fsp3) is 0.611. The number of rotatable bonds is 10. The van der Waals surface area contributed by atoms with Gasteiger partial charge < -0.3 is 14.9 Å². The van der Waals surface area contributed by atoms with Gasteiger partial charge in [-0.3, -0.25) is 9.28 Å². The van der Waals surface area contributed by atoms with Gasteiger partial charge in [0.2, 0.25) is 0 Å². The maximum atomic E-state index is 12.1. The number of quaternary nitrogens is 1. The summed E-state index contributed by atoms with van der Waals surface area (Å²) in [7, 11) is 0. The number of hydrogen-bond acceptors (Lipinski definition) is 4. The van der Waals surface area contributed by atoms with Gasteiger partial charge in [-0.25, -0.2) is 0 Å². The Morgan fingerprint density at radius 1 is 1.09 bits per heavy atom. The van der Waals surface area contributed by atoms with E-state index in [2.05, 4.69) is 0 Å². The molecule has 0 atom stereocenters. The summed E-state index contributed by atoms with van der Waals surface area (Å²) >= 11 is 0. The van der Waals surface area contributed by atoms with Crippen LogP contribution in [0.1, 0.15) is 27.2 Å². The summed E-state index contributed by atoms with van der Waals surface area (Å²) in [4.78, 5) is 12.1. The predicted octanol–water partition coefficient (Wildman–Crippen LogP) is 1.96. The van der Waals surface area contributed by atoms with Gasteiger partial charge in [0, 0.05) is 0 Å². The molecule has 1 rings (SSSR count). The number of aliphatic hydroxyl groups excluding tert-OH is 2. The van der Waals surface area contributed by atoms with Crippen LogP contribution in [0.25, 0.3) is 0 Å². The van der Waals surface area contributed by atoms with Gasteiger partial charge in [0.25, 0.3) is 0 Å². The standard InChI is InChI=1S/C18H30NO4/c1-4-18(2,3)17(22)23-15-12-19(10-13-20,11-14-21)16-8-6-5-7-9-16/h5-9,20-21H,4,10-15H2,1-3H3/q+1. The van der Waals surface area contributed by atoms with Crippen LogP contribution in [0.4, 0.5) is 5.69 Å². The number of esters is 1. The number of para-hydroxylation sites is 1. The highest BCUT2D eigenvalue weighted by Crippen LogP contribution is 2.24. The van der Waals surface area contributed by atoms with Crippen LogP contribution in [0.15, 0.2) is 30.3 Å². The summed E-state index contributed by atoms with van der Waals surface area (Å²) in [5, 5.41) is 18.9. The van der Waals surface area contributed by atoms with Gasteiger partial charge in [0.1, 0.15) is 31.9 Å². The summed E-state index contributed by atoms with van der Waals surface area (Å²) in [5.74, 6) is -0.209. The molecule has 0 unspecified atom stereocenters. The fourth-order valence-corrected chi connectivity index (χ4v) is 2.50. The molecule has 0 radical (unpaired) electrons. The van der Waals surface area contributed by atoms with Crippen LogP contribution in [0.2, 0.25) is 0 Å². The molecule has 0 aliphatic carbocycles. The monoisotopic (exact) mass is 324 g/mol. The maximum absolute atomic E-state index is 12.1. The average molecular weight is 324 g/mol. The third-order valence-corrected chi connectivity index (χ3v) is 4.55. The Kier molecular flexibility index (Phi) is 7.68. The molecule has 2 N–H and O–H groups in total. The zero-order valence-corrected chi connectivity index (χ0v) is 14.5. The van der Waals surface area contributed by atoms with Crippen molar-refractivity contribution in [1.29, 1.82) is 0 Å². The molecule has 5 nitrogen and oxygen atoms in total. The Labute approximate surface area is 139 Å². The van der Waals surface area contributed by atoms with Crippen LogP contribution in [0.3, 0.4) is 0 Å². The Morgan fingerprint density at radius 2 is 1.65 bits per heavy atom. The second-order valence-corrected chi connectivity index (χ2v) is 6.47. The molecular weight excluding hydrogens is 294 g/mol. The maximum Gasteiger partial charge on any atom is 0.311 e. The van der Waals surface area contributed by atoms with Crippen LogP contribution in [-0.2, 0) is 9.53 Å². The molecule has 0 heterocycles. The summed E-state index contributed by atoms with van der Waals surface area (Å²) in [6, 6.07) is 9.75. The first-order chi connectivity index (χ1) is 10.9. The molecule has 130 valence electrons. The molecule has 0 aromatic heterocycles. The SMILES string of the molecule is CCC(C)(C)C(=O)OCC[N+](CCO)(CCO)c1ccccc1. The van der Waals surface area contributed by atoms with Gasteiger partial charge in [-0.2, -0.15) is 0 Å². The van der Waals surface area contributed by atoms with Crippen LogP contribution in [0, 0.1) is 5.41 Å². The molecule has 0 saturated heterocycles. The number of ether oxygens (including phenoxy) is 1. The zero-order chi connectivity index (χ0) is 17.3. The lowest BCUT2D eigenvalue weighted by molar-refractivity contribution is -0.154. The van der Waals surface area contributed by atoms with Crippen molar-refractivity contribution >= 4 is 11.7 Å². The lowest BCUT2D eigenvalue weighted by atomic mass is 9.91. The summed E-state index contributed by atoms with van der Waals surface area (Å²) in [6.45, 7) is 7.44. The third kappa shape index (κ3) is 5.30. The van der Waals surface area contributed by atoms with Crippen molar-refractivity contribution in [3.63, 3.8) is 0 Å². The highest BCUT2D eigenvalue weighted by Gasteiger charge is 2.32. The molecule has 0 amide bonds. The van der Waals surface area contributed by atoms with Crippen LogP contribution < -0.4 is 4.48 Å². The lowest BCUT2D eigenvalue weighted by Gasteiger charge is -2.37. The Hall–Kier alpha value is -1.43. The largest absolute Gasteiger partial charge is 0.459 e. The van der Waals surface area contributed by atoms with Crippen molar-refractivity contribution in [3.8, 4) is 0 Å². The molecule has 0 aliphatic rings. The van der Waals surface area contributed by atoms with E-state index in [1.807, 2.05) is 51.1 Å². The first kappa shape index (κ1) is 19.6. The third-order valence-electron chi connectivity index (χ3n) is 4.55. The molecular formula is C18H30NO4+. The van der Waals surface area contributed by atoms with Crippen LogP contribution in [0.5, 0.6) is 0 Å². The van der Waals surface area contributed by atoms with Gasteiger partial charge in [-0.1, -0.05) is 25.1 Å². The van der Waals surface area contributed by atoms with E-state index in [1.54, 1.807) is 0 Å². The number of hydrogen-bond donors (Lipinski definition) is 2. The first-order valence-electron chi connectivity index (χ1n) is 8.22. The molecule has 0 spiro atoms. The van der Waals surface area contributed by atoms with E-state index in [0.29, 0.717) is 24.1 Å². The average Bonchev–Trinajstić information content (AvgIpc) is 2.55. The second kappa shape index (κ2) is 9.01. The topological polar surface area (TPSA) is 66.8 Å². The van der Waals surface area contributed by atoms with Gasteiger partial charge in [0.15, 0.2) is 0 Å². The summed E-state index contributed by atoms with van der Waals surface area (Å²) in [5.41, 5.74) is 0.512. The van der Waals surface area contributed by atoms with Crippen LogP contribution >= 0.6 is 0 Å². The number of nitrogens with zero attached hydrogens (tertiary/aromatic N) is 1. The summed E-state index contributed by atoms with van der Waals surface area (Å²) < 4.78 is 5.85. The van der Waals surface area contributed by atoms with E-state index < -0.39 is 5.41 Å².